The molecule has 8 aliphatic carbocycles. The Labute approximate surface area is 715 Å². The molecule has 20 rings (SSSR count). The maximum atomic E-state index is 8.21. The number of hydrogen-bond acceptors (Lipinski definition) is 0. The van der Waals surface area contributed by atoms with Crippen LogP contribution in [0.5, 0.6) is 0 Å². The maximum Gasteiger partial charge on any atom is 0.213 e. The first-order chi connectivity index (χ1) is 60.3. The summed E-state index contributed by atoms with van der Waals surface area (Å²) in [7, 11) is 7.98. The molecule has 0 bridgehead atoms. The van der Waals surface area contributed by atoms with Crippen LogP contribution in [0.25, 0.3) is 89.5 Å². The SMILES string of the molecule is Cc1c[n+](C)c(-c2ccccc2C)cc1-c1ccc2c(c1)CCC1(CCCCC1)C2.[2H]C([2H])([2H])c1c[n+](C)c(-c2ccccc2C)cc1-c1ccc2c(c1)CC1(CCCC1)C2.[2H]C([2H])([2H])c1c[n+](C)c(-c2ccccc2C)cc1-c1ccc2c(c1)CC1(CCCCC1)C2.[2H]C([2H])([2H])c1c[n+](C)c(-c2ccccc2C)cc1-c1ccc2c(c1)CCC1(CCCCC1)C2. The second-order valence-electron chi connectivity index (χ2n) is 37.8. The van der Waals surface area contributed by atoms with E-state index < -0.39 is 20.6 Å². The Morgan fingerprint density at radius 1 is 0.222 bits per heavy atom. The van der Waals surface area contributed by atoms with Crippen LogP contribution in [0.1, 0.15) is 236 Å². The fourth-order valence-electron chi connectivity index (χ4n) is 23.0. The summed E-state index contributed by atoms with van der Waals surface area (Å²) in [6, 6.07) is 69.6. The number of aryl methyl sites for hydroxylation is 14. The summed E-state index contributed by atoms with van der Waals surface area (Å²) >= 11 is 0. The molecule has 0 unspecified atom stereocenters. The second-order valence-corrected chi connectivity index (χ2v) is 37.8. The lowest BCUT2D eigenvalue weighted by Gasteiger charge is -2.41. The second kappa shape index (κ2) is 33.6. The largest absolute Gasteiger partial charge is 0.213 e. The van der Waals surface area contributed by atoms with E-state index in [4.69, 9.17) is 12.3 Å². The van der Waals surface area contributed by atoms with Gasteiger partial charge in [-0.05, 0) is 328 Å². The highest BCUT2D eigenvalue weighted by molar-refractivity contribution is 5.78. The molecule has 4 aromatic heterocycles. The van der Waals surface area contributed by atoms with Crippen molar-refractivity contribution in [2.45, 2.75) is 241 Å². The third-order valence-electron chi connectivity index (χ3n) is 29.7. The molecular weight excluding hydrogens is 1410 g/mol. The molecule has 0 radical (unpaired) electrons. The fourth-order valence-corrected chi connectivity index (χ4v) is 23.0. The minimum Gasteiger partial charge on any atom is -0.201 e. The predicted molar refractivity (Wildman–Crippen MR) is 488 cm³/mol. The van der Waals surface area contributed by atoms with Crippen molar-refractivity contribution >= 4 is 0 Å². The topological polar surface area (TPSA) is 15.5 Å². The van der Waals surface area contributed by atoms with Crippen LogP contribution in [0.3, 0.4) is 0 Å². The van der Waals surface area contributed by atoms with E-state index in [1.54, 1.807) is 29.7 Å². The number of rotatable bonds is 8. The number of nitrogens with zero attached hydrogens (tertiary/aromatic N) is 4. The summed E-state index contributed by atoms with van der Waals surface area (Å²) in [4.78, 5) is 0. The van der Waals surface area contributed by atoms with Crippen molar-refractivity contribution in [2.75, 3.05) is 0 Å². The molecule has 4 spiro atoms. The van der Waals surface area contributed by atoms with E-state index in [1.807, 2.05) is 71.2 Å². The molecule has 117 heavy (non-hydrogen) atoms. The number of aromatic nitrogens is 4. The summed E-state index contributed by atoms with van der Waals surface area (Å²) in [6.07, 6.45) is 46.0. The normalized spacial score (nSPS) is 19.0. The molecular formula is C113H130N4+4. The Morgan fingerprint density at radius 3 is 0.761 bits per heavy atom. The monoisotopic (exact) mass is 1550 g/mol. The third-order valence-corrected chi connectivity index (χ3v) is 29.7. The zero-order valence-corrected chi connectivity index (χ0v) is 71.6. The molecule has 0 N–H and O–H groups in total. The summed E-state index contributed by atoms with van der Waals surface area (Å²) in [5, 5.41) is 0. The van der Waals surface area contributed by atoms with Gasteiger partial charge in [0.15, 0.2) is 24.8 Å². The van der Waals surface area contributed by atoms with Crippen LogP contribution in [-0.4, -0.2) is 0 Å². The lowest BCUT2D eigenvalue weighted by atomic mass is 9.64. The van der Waals surface area contributed by atoms with Crippen LogP contribution in [0.15, 0.2) is 219 Å². The van der Waals surface area contributed by atoms with Crippen LogP contribution in [0.2, 0.25) is 0 Å². The summed E-state index contributed by atoms with van der Waals surface area (Å²) < 4.78 is 81.9. The molecule has 12 aromatic rings. The van der Waals surface area contributed by atoms with Crippen molar-refractivity contribution in [1.29, 1.82) is 0 Å². The van der Waals surface area contributed by atoms with Gasteiger partial charge in [0.2, 0.25) is 22.8 Å². The molecule has 0 saturated heterocycles. The average molecular weight is 1550 g/mol. The summed E-state index contributed by atoms with van der Waals surface area (Å²) in [5.74, 6) is 0. The Hall–Kier alpha value is -9.64. The molecule has 4 saturated carbocycles. The Balaban J connectivity index is 0.000000119. The highest BCUT2D eigenvalue weighted by atomic mass is 14.9. The zero-order valence-electron chi connectivity index (χ0n) is 80.6. The van der Waals surface area contributed by atoms with Gasteiger partial charge < -0.3 is 0 Å². The minimum atomic E-state index is -2.17. The quantitative estimate of drug-likeness (QED) is 0.135. The van der Waals surface area contributed by atoms with E-state index in [-0.39, 0.29) is 0 Å². The zero-order chi connectivity index (χ0) is 88.2. The maximum absolute atomic E-state index is 8.21. The number of fused-ring (bicyclic) bond motifs is 4. The molecule has 0 amide bonds. The highest BCUT2D eigenvalue weighted by Gasteiger charge is 2.42. The van der Waals surface area contributed by atoms with Crippen LogP contribution < -0.4 is 18.3 Å². The first kappa shape index (κ1) is 69.3. The van der Waals surface area contributed by atoms with Gasteiger partial charge in [0.05, 0.1) is 0 Å². The molecule has 4 heteroatoms. The van der Waals surface area contributed by atoms with Gasteiger partial charge in [0.25, 0.3) is 0 Å². The molecule has 0 atom stereocenters. The van der Waals surface area contributed by atoms with Crippen molar-refractivity contribution < 1.29 is 30.6 Å². The molecule has 0 aliphatic heterocycles. The standard InChI is InChI=1S/2C29H34N.C28H32N.C27H30N/c2*1-21-9-5-6-10-26(21)28-18-27(22(2)20-30(28)3)24-11-12-25-19-29(14-7-4-8-15-29)16-13-23(25)17-24;1-20-9-5-6-10-25(20)27-16-26(21(2)19-29(27)3)22-11-12-23-17-28(18-24(23)15-22)13-7-4-8-14-28;1-19-8-4-5-9-24(19)26-15-25(20(2)18-28(26)3)21-10-11-22-16-27(12-6-7-13-27)17-23(22)14-21/h2*5-6,9-12,17-18,20H,4,7-8,13-16,19H2,1-3H3;5-6,9-12,15-16,19H,4,7-8,13-14,17-18H2,1-3H3;4-5,8-11,14-15,18H,6-7,12-13,16-17H2,1-3H3/q4*+1/i2D3;;2*2D3. The average Bonchev–Trinajstić information content (AvgIpc) is 1.55. The van der Waals surface area contributed by atoms with Crippen LogP contribution >= 0.6 is 0 Å². The Morgan fingerprint density at radius 2 is 0.462 bits per heavy atom. The highest BCUT2D eigenvalue weighted by Crippen LogP contribution is 2.53. The smallest absolute Gasteiger partial charge is 0.201 e. The fraction of sp³-hybridized carbons (Fsp3) is 0.398. The van der Waals surface area contributed by atoms with Gasteiger partial charge in [0.1, 0.15) is 28.2 Å². The lowest BCUT2D eigenvalue weighted by molar-refractivity contribution is -0.660. The van der Waals surface area contributed by atoms with Gasteiger partial charge in [-0.2, -0.15) is 0 Å². The van der Waals surface area contributed by atoms with Gasteiger partial charge in [-0.1, -0.05) is 216 Å². The van der Waals surface area contributed by atoms with Crippen LogP contribution in [-0.2, 0) is 79.6 Å². The summed E-state index contributed by atoms with van der Waals surface area (Å²) in [6.45, 7) is 4.26. The Bertz CT molecular complexity index is 6070. The van der Waals surface area contributed by atoms with Gasteiger partial charge in [-0.3, -0.25) is 0 Å². The van der Waals surface area contributed by atoms with Crippen LogP contribution in [0.4, 0.5) is 0 Å². The molecule has 8 aromatic carbocycles. The first-order valence-electron chi connectivity index (χ1n) is 49.2. The van der Waals surface area contributed by atoms with E-state index in [0.29, 0.717) is 38.4 Å². The minimum absolute atomic E-state index is 0.417. The van der Waals surface area contributed by atoms with Crippen molar-refractivity contribution in [3.05, 3.63) is 308 Å². The molecule has 4 nitrogen and oxygen atoms in total. The number of hydrogen-bond donors (Lipinski definition) is 0. The van der Waals surface area contributed by atoms with Crippen LogP contribution in [0, 0.1) is 76.8 Å². The predicted octanol–water partition coefficient (Wildman–Crippen LogP) is 26.4. The Kier molecular flexibility index (Phi) is 19.9. The van der Waals surface area contributed by atoms with Crippen molar-refractivity contribution in [3.8, 4) is 89.5 Å². The molecule has 598 valence electrons. The number of benzene rings is 8. The van der Waals surface area contributed by atoms with Crippen molar-refractivity contribution in [2.24, 2.45) is 49.9 Å². The van der Waals surface area contributed by atoms with Crippen molar-refractivity contribution in [3.63, 3.8) is 0 Å². The van der Waals surface area contributed by atoms with Crippen molar-refractivity contribution in [1.82, 2.24) is 0 Å². The van der Waals surface area contributed by atoms with E-state index in [0.717, 1.165) is 86.4 Å². The van der Waals surface area contributed by atoms with Gasteiger partial charge in [-0.25, -0.2) is 18.3 Å². The summed E-state index contributed by atoms with van der Waals surface area (Å²) in [5.41, 5.74) is 38.8. The van der Waals surface area contributed by atoms with Gasteiger partial charge >= 0.3 is 0 Å². The van der Waals surface area contributed by atoms with Gasteiger partial charge in [0, 0.05) is 81.1 Å². The first-order valence-corrected chi connectivity index (χ1v) is 44.7. The van der Waals surface area contributed by atoms with E-state index >= 15 is 0 Å². The van der Waals surface area contributed by atoms with Gasteiger partial charge in [-0.15, -0.1) is 0 Å². The van der Waals surface area contributed by atoms with E-state index in [9.17, 15) is 0 Å². The lowest BCUT2D eigenvalue weighted by Crippen LogP contribution is -2.31. The van der Waals surface area contributed by atoms with E-state index in [1.165, 1.54) is 251 Å². The number of pyridine rings is 4. The third kappa shape index (κ3) is 16.7. The molecule has 4 fully saturated rings. The molecule has 8 aliphatic rings. The van der Waals surface area contributed by atoms with E-state index in [2.05, 4.69) is 210 Å². The molecule has 4 heterocycles.